The molecule has 0 aromatic heterocycles. The molecule has 0 saturated heterocycles. The van der Waals surface area contributed by atoms with Gasteiger partial charge in [0.25, 0.3) is 0 Å². The van der Waals surface area contributed by atoms with Crippen molar-refractivity contribution in [3.8, 4) is 5.75 Å². The molecule has 1 N–H and O–H groups in total. The largest absolute Gasteiger partial charge is 0.496 e. The molecule has 4 heteroatoms. The number of halogens is 2. The summed E-state index contributed by atoms with van der Waals surface area (Å²) in [4.78, 5) is 0. The SMILES string of the molecule is CCCNC(c1ccc(Br)cc1)c1ccc(Br)cc1OC. The topological polar surface area (TPSA) is 21.3 Å². The number of rotatable bonds is 6. The van der Waals surface area contributed by atoms with Gasteiger partial charge in [-0.3, -0.25) is 0 Å². The molecule has 112 valence electrons. The summed E-state index contributed by atoms with van der Waals surface area (Å²) in [7, 11) is 1.71. The minimum atomic E-state index is 0.126. The highest BCUT2D eigenvalue weighted by atomic mass is 79.9. The summed E-state index contributed by atoms with van der Waals surface area (Å²) in [5.74, 6) is 0.890. The first-order valence-corrected chi connectivity index (χ1v) is 8.56. The first-order chi connectivity index (χ1) is 10.2. The van der Waals surface area contributed by atoms with Crippen molar-refractivity contribution >= 4 is 31.9 Å². The fraction of sp³-hybridized carbons (Fsp3) is 0.294. The molecule has 2 nitrogen and oxygen atoms in total. The average Bonchev–Trinajstić information content (AvgIpc) is 2.50. The summed E-state index contributed by atoms with van der Waals surface area (Å²) in [5.41, 5.74) is 2.38. The van der Waals surface area contributed by atoms with Crippen LogP contribution < -0.4 is 10.1 Å². The maximum atomic E-state index is 5.55. The molecule has 0 heterocycles. The van der Waals surface area contributed by atoms with Crippen molar-refractivity contribution in [1.82, 2.24) is 5.32 Å². The van der Waals surface area contributed by atoms with E-state index in [1.807, 2.05) is 6.07 Å². The maximum Gasteiger partial charge on any atom is 0.125 e. The molecule has 0 fully saturated rings. The van der Waals surface area contributed by atoms with Crippen LogP contribution in [0.25, 0.3) is 0 Å². The number of hydrogen-bond acceptors (Lipinski definition) is 2. The quantitative estimate of drug-likeness (QED) is 0.694. The van der Waals surface area contributed by atoms with E-state index in [-0.39, 0.29) is 6.04 Å². The lowest BCUT2D eigenvalue weighted by atomic mass is 9.97. The monoisotopic (exact) mass is 411 g/mol. The predicted octanol–water partition coefficient (Wildman–Crippen LogP) is 5.31. The van der Waals surface area contributed by atoms with Gasteiger partial charge in [0.15, 0.2) is 0 Å². The lowest BCUT2D eigenvalue weighted by Crippen LogP contribution is -2.23. The Morgan fingerprint density at radius 3 is 2.33 bits per heavy atom. The number of ether oxygens (including phenoxy) is 1. The Kier molecular flexibility index (Phi) is 6.27. The molecule has 0 aliphatic carbocycles. The van der Waals surface area contributed by atoms with Gasteiger partial charge in [0, 0.05) is 14.5 Å². The summed E-state index contributed by atoms with van der Waals surface area (Å²) in [5, 5.41) is 3.61. The van der Waals surface area contributed by atoms with E-state index < -0.39 is 0 Å². The molecular weight excluding hydrogens is 394 g/mol. The minimum Gasteiger partial charge on any atom is -0.496 e. The molecular formula is C17H19Br2NO. The van der Waals surface area contributed by atoms with Crippen LogP contribution in [-0.4, -0.2) is 13.7 Å². The van der Waals surface area contributed by atoms with Gasteiger partial charge in [-0.05, 0) is 42.8 Å². The van der Waals surface area contributed by atoms with Crippen molar-refractivity contribution in [3.63, 3.8) is 0 Å². The van der Waals surface area contributed by atoms with E-state index in [0.29, 0.717) is 0 Å². The number of methoxy groups -OCH3 is 1. The third-order valence-corrected chi connectivity index (χ3v) is 4.33. The van der Waals surface area contributed by atoms with E-state index in [9.17, 15) is 0 Å². The highest BCUT2D eigenvalue weighted by Gasteiger charge is 2.17. The molecule has 1 atom stereocenters. The summed E-state index contributed by atoms with van der Waals surface area (Å²) in [6.07, 6.45) is 1.09. The summed E-state index contributed by atoms with van der Waals surface area (Å²) < 4.78 is 7.66. The van der Waals surface area contributed by atoms with Gasteiger partial charge in [0.2, 0.25) is 0 Å². The highest BCUT2D eigenvalue weighted by Crippen LogP contribution is 2.32. The summed E-state index contributed by atoms with van der Waals surface area (Å²) in [6.45, 7) is 3.13. The van der Waals surface area contributed by atoms with Crippen LogP contribution in [-0.2, 0) is 0 Å². The van der Waals surface area contributed by atoms with Crippen LogP contribution in [0.5, 0.6) is 5.75 Å². The second kappa shape index (κ2) is 7.97. The Labute approximate surface area is 143 Å². The lowest BCUT2D eigenvalue weighted by Gasteiger charge is -2.22. The van der Waals surface area contributed by atoms with E-state index in [1.165, 1.54) is 5.56 Å². The molecule has 0 amide bonds. The van der Waals surface area contributed by atoms with Crippen LogP contribution in [0.15, 0.2) is 51.4 Å². The smallest absolute Gasteiger partial charge is 0.125 e. The van der Waals surface area contributed by atoms with Crippen molar-refractivity contribution in [2.75, 3.05) is 13.7 Å². The van der Waals surface area contributed by atoms with Crippen LogP contribution in [0.1, 0.15) is 30.5 Å². The number of benzene rings is 2. The van der Waals surface area contributed by atoms with Crippen molar-refractivity contribution in [1.29, 1.82) is 0 Å². The lowest BCUT2D eigenvalue weighted by molar-refractivity contribution is 0.403. The molecule has 1 unspecified atom stereocenters. The van der Waals surface area contributed by atoms with Crippen molar-refractivity contribution in [2.45, 2.75) is 19.4 Å². The Morgan fingerprint density at radius 2 is 1.71 bits per heavy atom. The molecule has 0 bridgehead atoms. The Morgan fingerprint density at radius 1 is 1.05 bits per heavy atom. The van der Waals surface area contributed by atoms with Crippen LogP contribution in [0.2, 0.25) is 0 Å². The predicted molar refractivity (Wildman–Crippen MR) is 95.0 cm³/mol. The van der Waals surface area contributed by atoms with E-state index in [1.54, 1.807) is 7.11 Å². The highest BCUT2D eigenvalue weighted by molar-refractivity contribution is 9.10. The zero-order valence-corrected chi connectivity index (χ0v) is 15.4. The molecule has 0 aliphatic heterocycles. The van der Waals surface area contributed by atoms with E-state index >= 15 is 0 Å². The second-order valence-electron chi connectivity index (χ2n) is 4.82. The molecule has 2 rings (SSSR count). The van der Waals surface area contributed by atoms with Crippen LogP contribution in [0.3, 0.4) is 0 Å². The third kappa shape index (κ3) is 4.31. The van der Waals surface area contributed by atoms with Gasteiger partial charge in [-0.1, -0.05) is 57.0 Å². The fourth-order valence-electron chi connectivity index (χ4n) is 2.27. The standard InChI is InChI=1S/C17H19Br2NO/c1-3-10-20-17(12-4-6-13(18)7-5-12)15-9-8-14(19)11-16(15)21-2/h4-9,11,17,20H,3,10H2,1-2H3. The normalized spacial score (nSPS) is 12.2. The molecule has 2 aromatic carbocycles. The average molecular weight is 413 g/mol. The van der Waals surface area contributed by atoms with Crippen LogP contribution in [0.4, 0.5) is 0 Å². The zero-order valence-electron chi connectivity index (χ0n) is 12.2. The molecule has 0 spiro atoms. The van der Waals surface area contributed by atoms with Gasteiger partial charge in [-0.15, -0.1) is 0 Å². The van der Waals surface area contributed by atoms with E-state index in [0.717, 1.165) is 33.2 Å². The van der Waals surface area contributed by atoms with E-state index in [4.69, 9.17) is 4.74 Å². The van der Waals surface area contributed by atoms with Crippen LogP contribution in [0, 0.1) is 0 Å². The maximum absolute atomic E-state index is 5.55. The molecule has 0 radical (unpaired) electrons. The van der Waals surface area contributed by atoms with Gasteiger partial charge in [-0.25, -0.2) is 0 Å². The Balaban J connectivity index is 2.42. The van der Waals surface area contributed by atoms with Crippen molar-refractivity contribution in [3.05, 3.63) is 62.5 Å². The third-order valence-electron chi connectivity index (χ3n) is 3.31. The van der Waals surface area contributed by atoms with Gasteiger partial charge in [-0.2, -0.15) is 0 Å². The minimum absolute atomic E-state index is 0.126. The summed E-state index contributed by atoms with van der Waals surface area (Å²) >= 11 is 6.99. The first kappa shape index (κ1) is 16.5. The van der Waals surface area contributed by atoms with Gasteiger partial charge < -0.3 is 10.1 Å². The molecule has 21 heavy (non-hydrogen) atoms. The van der Waals surface area contributed by atoms with Crippen LogP contribution >= 0.6 is 31.9 Å². The number of nitrogens with one attached hydrogen (secondary N) is 1. The Hall–Kier alpha value is -0.840. The van der Waals surface area contributed by atoms with Gasteiger partial charge in [0.05, 0.1) is 13.2 Å². The fourth-order valence-corrected chi connectivity index (χ4v) is 2.88. The second-order valence-corrected chi connectivity index (χ2v) is 6.66. The first-order valence-electron chi connectivity index (χ1n) is 6.98. The molecule has 0 saturated carbocycles. The number of hydrogen-bond donors (Lipinski definition) is 1. The van der Waals surface area contributed by atoms with Crippen molar-refractivity contribution in [2.24, 2.45) is 0 Å². The molecule has 2 aromatic rings. The summed E-state index contributed by atoms with van der Waals surface area (Å²) in [6, 6.07) is 14.7. The molecule has 0 aliphatic rings. The van der Waals surface area contributed by atoms with Gasteiger partial charge >= 0.3 is 0 Å². The van der Waals surface area contributed by atoms with Crippen molar-refractivity contribution < 1.29 is 4.74 Å². The van der Waals surface area contributed by atoms with Gasteiger partial charge in [0.1, 0.15) is 5.75 Å². The van der Waals surface area contributed by atoms with E-state index in [2.05, 4.69) is 80.5 Å². The zero-order chi connectivity index (χ0) is 15.2. The Bertz CT molecular complexity index is 584.